The fraction of sp³-hybridized carbons (Fsp3) is 0.222. The molecule has 0 aliphatic heterocycles. The molecule has 0 aliphatic rings. The monoisotopic (exact) mass is 239 g/mol. The van der Waals surface area contributed by atoms with E-state index >= 15 is 0 Å². The third-order valence-corrected chi connectivity index (χ3v) is 1.66. The number of nitrogens with one attached hydrogen (secondary N) is 1. The van der Waals surface area contributed by atoms with Gasteiger partial charge in [-0.25, -0.2) is 0 Å². The Bertz CT molecular complexity index is 388. The predicted octanol–water partition coefficient (Wildman–Crippen LogP) is 2.91. The summed E-state index contributed by atoms with van der Waals surface area (Å²) in [5.74, 6) is -1.64. The smallest absolute Gasteiger partial charge is 0.321 e. The van der Waals surface area contributed by atoms with Crippen molar-refractivity contribution < 1.29 is 26.7 Å². The normalized spacial score (nSPS) is 11.6. The topological polar surface area (TPSA) is 29.1 Å². The van der Waals surface area contributed by atoms with E-state index in [1.165, 1.54) is 0 Å². The highest BCUT2D eigenvalue weighted by atomic mass is 19.4. The van der Waals surface area contributed by atoms with Crippen LogP contribution in [0, 0.1) is 0 Å². The van der Waals surface area contributed by atoms with Gasteiger partial charge in [0.25, 0.3) is 5.91 Å². The average molecular weight is 239 g/mol. The van der Waals surface area contributed by atoms with Gasteiger partial charge in [0.05, 0.1) is 5.56 Å². The van der Waals surface area contributed by atoms with Gasteiger partial charge in [0.1, 0.15) is 0 Å². The Hall–Kier alpha value is -1.66. The summed E-state index contributed by atoms with van der Waals surface area (Å²) in [5.41, 5.74) is -1.33. The largest absolute Gasteiger partial charge is 0.416 e. The van der Waals surface area contributed by atoms with Gasteiger partial charge in [0, 0.05) is 5.69 Å². The first-order chi connectivity index (χ1) is 7.30. The Morgan fingerprint density at radius 3 is 2.38 bits per heavy atom. The van der Waals surface area contributed by atoms with Gasteiger partial charge in [-0.05, 0) is 18.2 Å². The van der Waals surface area contributed by atoms with Crippen LogP contribution in [0.4, 0.5) is 27.6 Å². The Morgan fingerprint density at radius 1 is 1.25 bits per heavy atom. The lowest BCUT2D eigenvalue weighted by molar-refractivity contribution is -0.137. The minimum Gasteiger partial charge on any atom is -0.321 e. The quantitative estimate of drug-likeness (QED) is 0.790. The number of anilines is 1. The standard InChI is InChI=1S/C9H6F5NO/c10-7(11)8(16)15-6-3-1-2-5(4-6)9(12,13)14/h1-4,7H,(H,15,16). The molecule has 0 bridgehead atoms. The van der Waals surface area contributed by atoms with Crippen LogP contribution >= 0.6 is 0 Å². The number of carbonyl (C=O) groups is 1. The lowest BCUT2D eigenvalue weighted by Crippen LogP contribution is -2.20. The number of hydrogen-bond acceptors (Lipinski definition) is 1. The second-order valence-electron chi connectivity index (χ2n) is 2.87. The molecular formula is C9H6F5NO. The molecule has 0 aliphatic carbocycles. The SMILES string of the molecule is O=C(Nc1cccc(C(F)(F)F)c1)C(F)F. The third kappa shape index (κ3) is 3.18. The van der Waals surface area contributed by atoms with Gasteiger partial charge in [-0.3, -0.25) is 4.79 Å². The van der Waals surface area contributed by atoms with Crippen LogP contribution in [-0.2, 0) is 11.0 Å². The molecule has 88 valence electrons. The van der Waals surface area contributed by atoms with Crippen LogP contribution in [0.1, 0.15) is 5.56 Å². The number of hydrogen-bond donors (Lipinski definition) is 1. The second-order valence-corrected chi connectivity index (χ2v) is 2.87. The van der Waals surface area contributed by atoms with Crippen molar-refractivity contribution in [1.29, 1.82) is 0 Å². The van der Waals surface area contributed by atoms with Crippen LogP contribution in [0.2, 0.25) is 0 Å². The predicted molar refractivity (Wildman–Crippen MR) is 46.1 cm³/mol. The van der Waals surface area contributed by atoms with E-state index in [0.717, 1.165) is 18.2 Å². The lowest BCUT2D eigenvalue weighted by atomic mass is 10.2. The van der Waals surface area contributed by atoms with Crippen molar-refractivity contribution in [3.63, 3.8) is 0 Å². The molecule has 1 rings (SSSR count). The molecule has 1 aromatic rings. The molecule has 16 heavy (non-hydrogen) atoms. The molecule has 0 saturated heterocycles. The summed E-state index contributed by atoms with van der Waals surface area (Å²) in [5, 5.41) is 1.66. The summed E-state index contributed by atoms with van der Waals surface area (Å²) < 4.78 is 60.2. The molecule has 0 unspecified atom stereocenters. The maximum atomic E-state index is 12.2. The summed E-state index contributed by atoms with van der Waals surface area (Å²) in [4.78, 5) is 10.5. The zero-order valence-corrected chi connectivity index (χ0v) is 7.68. The first kappa shape index (κ1) is 12.4. The number of halogens is 5. The van der Waals surface area contributed by atoms with Crippen LogP contribution in [0.25, 0.3) is 0 Å². The van der Waals surface area contributed by atoms with E-state index in [9.17, 15) is 26.7 Å². The van der Waals surface area contributed by atoms with Crippen molar-refractivity contribution in [1.82, 2.24) is 0 Å². The van der Waals surface area contributed by atoms with E-state index in [0.29, 0.717) is 6.07 Å². The maximum Gasteiger partial charge on any atom is 0.416 e. The average Bonchev–Trinajstić information content (AvgIpc) is 2.16. The molecule has 0 saturated carbocycles. The fourth-order valence-electron chi connectivity index (χ4n) is 0.970. The van der Waals surface area contributed by atoms with Crippen LogP contribution < -0.4 is 5.32 Å². The fourth-order valence-corrected chi connectivity index (χ4v) is 0.970. The summed E-state index contributed by atoms with van der Waals surface area (Å²) in [6, 6.07) is 3.47. The second kappa shape index (κ2) is 4.46. The Labute approximate surface area is 87.1 Å². The minimum atomic E-state index is -4.58. The highest BCUT2D eigenvalue weighted by Gasteiger charge is 2.30. The van der Waals surface area contributed by atoms with E-state index < -0.39 is 24.1 Å². The molecule has 0 radical (unpaired) electrons. The number of rotatable bonds is 2. The van der Waals surface area contributed by atoms with Crippen molar-refractivity contribution in [2.24, 2.45) is 0 Å². The number of alkyl halides is 5. The van der Waals surface area contributed by atoms with Gasteiger partial charge >= 0.3 is 12.6 Å². The highest BCUT2D eigenvalue weighted by molar-refractivity contribution is 5.93. The Kier molecular flexibility index (Phi) is 3.46. The summed E-state index contributed by atoms with van der Waals surface area (Å²) in [7, 11) is 0. The van der Waals surface area contributed by atoms with Gasteiger partial charge in [-0.15, -0.1) is 0 Å². The van der Waals surface area contributed by atoms with E-state index in [4.69, 9.17) is 0 Å². The molecule has 1 aromatic carbocycles. The van der Waals surface area contributed by atoms with Crippen LogP contribution in [0.15, 0.2) is 24.3 Å². The van der Waals surface area contributed by atoms with Crippen molar-refractivity contribution in [3.05, 3.63) is 29.8 Å². The molecule has 7 heteroatoms. The Balaban J connectivity index is 2.88. The van der Waals surface area contributed by atoms with E-state index in [1.807, 2.05) is 0 Å². The molecule has 0 atom stereocenters. The third-order valence-electron chi connectivity index (χ3n) is 1.66. The van der Waals surface area contributed by atoms with Crippen LogP contribution in [-0.4, -0.2) is 12.3 Å². The van der Waals surface area contributed by atoms with E-state index in [-0.39, 0.29) is 5.69 Å². The summed E-state index contributed by atoms with van der Waals surface area (Å²) in [6.45, 7) is 0. The zero-order valence-electron chi connectivity index (χ0n) is 7.68. The molecular weight excluding hydrogens is 233 g/mol. The van der Waals surface area contributed by atoms with Gasteiger partial charge in [-0.1, -0.05) is 6.07 Å². The molecule has 0 heterocycles. The molecule has 0 fully saturated rings. The number of benzene rings is 1. The van der Waals surface area contributed by atoms with E-state index in [2.05, 4.69) is 0 Å². The minimum absolute atomic E-state index is 0.319. The molecule has 2 nitrogen and oxygen atoms in total. The van der Waals surface area contributed by atoms with E-state index in [1.54, 1.807) is 5.32 Å². The summed E-state index contributed by atoms with van der Waals surface area (Å²) in [6.07, 6.45) is -7.85. The number of amides is 1. The first-order valence-corrected chi connectivity index (χ1v) is 4.07. The molecule has 1 N–H and O–H groups in total. The van der Waals surface area contributed by atoms with Crippen LogP contribution in [0.5, 0.6) is 0 Å². The van der Waals surface area contributed by atoms with Crippen molar-refractivity contribution >= 4 is 11.6 Å². The lowest BCUT2D eigenvalue weighted by Gasteiger charge is -2.09. The van der Waals surface area contributed by atoms with Gasteiger partial charge in [-0.2, -0.15) is 22.0 Å². The van der Waals surface area contributed by atoms with Gasteiger partial charge < -0.3 is 5.32 Å². The molecule has 0 aromatic heterocycles. The highest BCUT2D eigenvalue weighted by Crippen LogP contribution is 2.30. The van der Waals surface area contributed by atoms with Gasteiger partial charge in [0.15, 0.2) is 0 Å². The Morgan fingerprint density at radius 2 is 1.88 bits per heavy atom. The van der Waals surface area contributed by atoms with Crippen LogP contribution in [0.3, 0.4) is 0 Å². The van der Waals surface area contributed by atoms with Crippen molar-refractivity contribution in [2.45, 2.75) is 12.6 Å². The van der Waals surface area contributed by atoms with Crippen molar-refractivity contribution in [3.8, 4) is 0 Å². The molecule has 1 amide bonds. The van der Waals surface area contributed by atoms with Crippen molar-refractivity contribution in [2.75, 3.05) is 5.32 Å². The zero-order chi connectivity index (χ0) is 12.3. The number of carbonyl (C=O) groups excluding carboxylic acids is 1. The molecule has 0 spiro atoms. The van der Waals surface area contributed by atoms with Gasteiger partial charge in [0.2, 0.25) is 0 Å². The maximum absolute atomic E-state index is 12.2. The first-order valence-electron chi connectivity index (χ1n) is 4.07. The summed E-state index contributed by atoms with van der Waals surface area (Å²) >= 11 is 0.